The molecule has 1 amide bonds. The van der Waals surface area contributed by atoms with E-state index in [1.807, 2.05) is 48.5 Å². The molecule has 0 aliphatic carbocycles. The number of aromatic nitrogens is 2. The third-order valence-electron chi connectivity index (χ3n) is 3.88. The second-order valence-corrected chi connectivity index (χ2v) is 5.65. The number of anilines is 3. The molecule has 26 heavy (non-hydrogen) atoms. The van der Waals surface area contributed by atoms with Gasteiger partial charge in [0, 0.05) is 17.4 Å². The minimum absolute atomic E-state index is 0.283. The molecule has 0 aliphatic heterocycles. The van der Waals surface area contributed by atoms with Crippen LogP contribution < -0.4 is 15.4 Å². The lowest BCUT2D eigenvalue weighted by atomic mass is 10.1. The van der Waals surface area contributed by atoms with E-state index in [9.17, 15) is 4.79 Å². The Bertz CT molecular complexity index is 877. The van der Waals surface area contributed by atoms with Crippen molar-refractivity contribution in [3.05, 3.63) is 72.2 Å². The molecule has 0 unspecified atom stereocenters. The predicted octanol–water partition coefficient (Wildman–Crippen LogP) is 4.04. The normalized spacial score (nSPS) is 10.2. The molecule has 6 nitrogen and oxygen atoms in total. The monoisotopic (exact) mass is 348 g/mol. The second kappa shape index (κ2) is 8.11. The molecule has 0 fully saturated rings. The van der Waals surface area contributed by atoms with Crippen LogP contribution in [0.25, 0.3) is 0 Å². The molecule has 0 spiro atoms. The maximum atomic E-state index is 12.4. The third kappa shape index (κ3) is 4.36. The predicted molar refractivity (Wildman–Crippen MR) is 102 cm³/mol. The van der Waals surface area contributed by atoms with E-state index >= 15 is 0 Å². The first kappa shape index (κ1) is 17.4. The van der Waals surface area contributed by atoms with Gasteiger partial charge in [0.15, 0.2) is 0 Å². The summed E-state index contributed by atoms with van der Waals surface area (Å²) in [5.74, 6) is 1.03. The van der Waals surface area contributed by atoms with E-state index in [0.29, 0.717) is 5.82 Å². The summed E-state index contributed by atoms with van der Waals surface area (Å²) >= 11 is 0. The number of carbonyl (C=O) groups excluding carboxylic acids is 1. The molecule has 0 aliphatic rings. The van der Waals surface area contributed by atoms with E-state index in [4.69, 9.17) is 4.74 Å². The lowest BCUT2D eigenvalue weighted by molar-refractivity contribution is 0.102. The van der Waals surface area contributed by atoms with Crippen molar-refractivity contribution < 1.29 is 9.53 Å². The molecule has 3 aromatic rings. The van der Waals surface area contributed by atoms with E-state index < -0.39 is 0 Å². The first-order chi connectivity index (χ1) is 12.7. The summed E-state index contributed by atoms with van der Waals surface area (Å²) in [4.78, 5) is 20.6. The van der Waals surface area contributed by atoms with Gasteiger partial charge < -0.3 is 15.4 Å². The highest BCUT2D eigenvalue weighted by molar-refractivity contribution is 6.03. The van der Waals surface area contributed by atoms with Crippen LogP contribution in [0.15, 0.2) is 60.9 Å². The van der Waals surface area contributed by atoms with E-state index in [0.717, 1.165) is 23.5 Å². The Morgan fingerprint density at radius 2 is 1.69 bits per heavy atom. The van der Waals surface area contributed by atoms with E-state index in [1.54, 1.807) is 13.2 Å². The Labute approximate surface area is 152 Å². The maximum absolute atomic E-state index is 12.4. The van der Waals surface area contributed by atoms with Crippen LogP contribution in [0.5, 0.6) is 5.75 Å². The first-order valence-electron chi connectivity index (χ1n) is 8.31. The number of nitrogens with zero attached hydrogens (tertiary/aromatic N) is 2. The molecule has 132 valence electrons. The van der Waals surface area contributed by atoms with Crippen molar-refractivity contribution in [2.75, 3.05) is 17.7 Å². The zero-order valence-electron chi connectivity index (χ0n) is 14.7. The number of rotatable bonds is 6. The molecule has 1 aromatic heterocycles. The van der Waals surface area contributed by atoms with Gasteiger partial charge in [-0.1, -0.05) is 19.1 Å². The summed E-state index contributed by atoms with van der Waals surface area (Å²) in [7, 11) is 1.62. The van der Waals surface area contributed by atoms with Gasteiger partial charge >= 0.3 is 0 Å². The van der Waals surface area contributed by atoms with Crippen molar-refractivity contribution in [3.63, 3.8) is 0 Å². The molecule has 0 bridgehead atoms. The summed E-state index contributed by atoms with van der Waals surface area (Å²) in [5.41, 5.74) is 3.08. The molecule has 3 rings (SSSR count). The molecule has 1 heterocycles. The molecule has 0 radical (unpaired) electrons. The lowest BCUT2D eigenvalue weighted by Gasteiger charge is -2.08. The largest absolute Gasteiger partial charge is 0.497 e. The summed E-state index contributed by atoms with van der Waals surface area (Å²) in [5, 5.41) is 5.98. The van der Waals surface area contributed by atoms with Gasteiger partial charge in [-0.2, -0.15) is 0 Å². The van der Waals surface area contributed by atoms with Crippen LogP contribution >= 0.6 is 0 Å². The summed E-state index contributed by atoms with van der Waals surface area (Å²) in [6.45, 7) is 2.09. The molecular weight excluding hydrogens is 328 g/mol. The highest BCUT2D eigenvalue weighted by Crippen LogP contribution is 2.19. The van der Waals surface area contributed by atoms with Crippen LogP contribution in [0.3, 0.4) is 0 Å². The zero-order valence-corrected chi connectivity index (χ0v) is 14.7. The van der Waals surface area contributed by atoms with Crippen molar-refractivity contribution in [2.45, 2.75) is 13.3 Å². The van der Waals surface area contributed by atoms with Gasteiger partial charge in [0.1, 0.15) is 23.6 Å². The number of methoxy groups -OCH3 is 1. The summed E-state index contributed by atoms with van der Waals surface area (Å²) < 4.78 is 5.13. The Balaban J connectivity index is 1.69. The smallest absolute Gasteiger partial charge is 0.274 e. The van der Waals surface area contributed by atoms with Crippen LogP contribution in [0, 0.1) is 0 Å². The molecule has 0 atom stereocenters. The van der Waals surface area contributed by atoms with Gasteiger partial charge in [-0.3, -0.25) is 4.79 Å². The SMILES string of the molecule is CCc1ccc(NC(=O)c2cc(Nc3ccc(OC)cc3)ncn2)cc1. The third-order valence-corrected chi connectivity index (χ3v) is 3.88. The average Bonchev–Trinajstić information content (AvgIpc) is 2.69. The van der Waals surface area contributed by atoms with E-state index in [-0.39, 0.29) is 11.6 Å². The van der Waals surface area contributed by atoms with E-state index in [1.165, 1.54) is 11.9 Å². The van der Waals surface area contributed by atoms with Crippen molar-refractivity contribution in [2.24, 2.45) is 0 Å². The lowest BCUT2D eigenvalue weighted by Crippen LogP contribution is -2.14. The van der Waals surface area contributed by atoms with Crippen molar-refractivity contribution in [1.29, 1.82) is 0 Å². The number of hydrogen-bond donors (Lipinski definition) is 2. The Hall–Kier alpha value is -3.41. The summed E-state index contributed by atoms with van der Waals surface area (Å²) in [6, 6.07) is 16.8. The number of nitrogens with one attached hydrogen (secondary N) is 2. The van der Waals surface area contributed by atoms with Gasteiger partial charge in [0.25, 0.3) is 5.91 Å². The first-order valence-corrected chi connectivity index (χ1v) is 8.31. The number of ether oxygens (including phenoxy) is 1. The highest BCUT2D eigenvalue weighted by Gasteiger charge is 2.09. The quantitative estimate of drug-likeness (QED) is 0.703. The van der Waals surface area contributed by atoms with Crippen molar-refractivity contribution in [3.8, 4) is 5.75 Å². The van der Waals surface area contributed by atoms with Gasteiger partial charge in [0.2, 0.25) is 0 Å². The second-order valence-electron chi connectivity index (χ2n) is 5.65. The van der Waals surface area contributed by atoms with Crippen molar-refractivity contribution in [1.82, 2.24) is 9.97 Å². The number of hydrogen-bond acceptors (Lipinski definition) is 5. The van der Waals surface area contributed by atoms with Crippen molar-refractivity contribution >= 4 is 23.1 Å². The standard InChI is InChI=1S/C20H20N4O2/c1-3-14-4-6-16(7-5-14)24-20(25)18-12-19(22-13-21-18)23-15-8-10-17(26-2)11-9-15/h4-13H,3H2,1-2H3,(H,24,25)(H,21,22,23). The fourth-order valence-electron chi connectivity index (χ4n) is 2.39. The minimum atomic E-state index is -0.283. The van der Waals surface area contributed by atoms with Crippen LogP contribution in [-0.4, -0.2) is 23.0 Å². The van der Waals surface area contributed by atoms with Gasteiger partial charge in [0.05, 0.1) is 7.11 Å². The highest BCUT2D eigenvalue weighted by atomic mass is 16.5. The molecule has 2 aromatic carbocycles. The average molecular weight is 348 g/mol. The van der Waals surface area contributed by atoms with Crippen LogP contribution in [-0.2, 0) is 6.42 Å². The number of carbonyl (C=O) groups is 1. The molecule has 0 saturated heterocycles. The zero-order chi connectivity index (χ0) is 18.4. The Morgan fingerprint density at radius 1 is 1.00 bits per heavy atom. The number of benzene rings is 2. The molecule has 6 heteroatoms. The molecular formula is C20H20N4O2. The minimum Gasteiger partial charge on any atom is -0.497 e. The van der Waals surface area contributed by atoms with Gasteiger partial charge in [-0.25, -0.2) is 9.97 Å². The number of amides is 1. The fourth-order valence-corrected chi connectivity index (χ4v) is 2.39. The van der Waals surface area contributed by atoms with Crippen LogP contribution in [0.4, 0.5) is 17.2 Å². The van der Waals surface area contributed by atoms with Gasteiger partial charge in [-0.05, 0) is 48.4 Å². The van der Waals surface area contributed by atoms with Crippen LogP contribution in [0.1, 0.15) is 23.0 Å². The summed E-state index contributed by atoms with van der Waals surface area (Å²) in [6.07, 6.45) is 2.32. The Kier molecular flexibility index (Phi) is 5.43. The van der Waals surface area contributed by atoms with E-state index in [2.05, 4.69) is 27.5 Å². The van der Waals surface area contributed by atoms with Gasteiger partial charge in [-0.15, -0.1) is 0 Å². The fraction of sp³-hybridized carbons (Fsp3) is 0.150. The topological polar surface area (TPSA) is 76.1 Å². The molecule has 2 N–H and O–H groups in total. The maximum Gasteiger partial charge on any atom is 0.274 e. The van der Waals surface area contributed by atoms with Crippen LogP contribution in [0.2, 0.25) is 0 Å². The number of aryl methyl sites for hydroxylation is 1. The Morgan fingerprint density at radius 3 is 2.35 bits per heavy atom. The molecule has 0 saturated carbocycles.